The Bertz CT molecular complexity index is 1860. The number of carbonyl (C=O) groups excluding carboxylic acids is 2. The number of carbonyl (C=O) groups is 2. The standard InChI is InChI=1S/C40H45Cl2N3O4S/c1-28(2)32-17-19-34(20-18-32)45(50(48,49)35-21-14-29(3)15-22-35)27-39(46)44(26-31-16-23-36(41)37(42)24-31)38(25-30-10-6-4-7-11-30)40(47)43-33-12-8-5-9-13-33/h4,6-7,10-11,14-24,28,33,38H,5,8-9,12-13,25-27H2,1-3H3,(H,43,47)/t38-/m1/s1. The minimum atomic E-state index is -4.20. The SMILES string of the molecule is Cc1ccc(S(=O)(=O)N(CC(=O)N(Cc2ccc(Cl)c(Cl)c2)[C@H](Cc2ccccc2)C(=O)NC2CCCCC2)c2ccc(C(C)C)cc2)cc1. The molecule has 0 aromatic heterocycles. The fourth-order valence-electron chi connectivity index (χ4n) is 6.32. The van der Waals surface area contributed by atoms with Gasteiger partial charge in [-0.05, 0) is 78.8 Å². The van der Waals surface area contributed by atoms with Crippen LogP contribution in [0.25, 0.3) is 0 Å². The van der Waals surface area contributed by atoms with Gasteiger partial charge in [-0.2, -0.15) is 0 Å². The topological polar surface area (TPSA) is 86.8 Å². The Morgan fingerprint density at radius 2 is 1.48 bits per heavy atom. The van der Waals surface area contributed by atoms with Gasteiger partial charge in [-0.1, -0.05) is 123 Å². The second-order valence-electron chi connectivity index (χ2n) is 13.4. The number of sulfonamides is 1. The molecule has 1 atom stereocenters. The van der Waals surface area contributed by atoms with Crippen LogP contribution in [0.5, 0.6) is 0 Å². The Hall–Kier alpha value is -3.85. The lowest BCUT2D eigenvalue weighted by Gasteiger charge is -2.35. The number of aryl methyl sites for hydroxylation is 1. The molecule has 5 rings (SSSR count). The van der Waals surface area contributed by atoms with Gasteiger partial charge >= 0.3 is 0 Å². The predicted molar refractivity (Wildman–Crippen MR) is 202 cm³/mol. The summed E-state index contributed by atoms with van der Waals surface area (Å²) in [7, 11) is -4.20. The summed E-state index contributed by atoms with van der Waals surface area (Å²) in [6.45, 7) is 5.49. The number of nitrogens with one attached hydrogen (secondary N) is 1. The molecule has 0 aliphatic heterocycles. The van der Waals surface area contributed by atoms with Crippen molar-refractivity contribution in [1.82, 2.24) is 10.2 Å². The van der Waals surface area contributed by atoms with Crippen LogP contribution in [0.2, 0.25) is 10.0 Å². The molecule has 0 radical (unpaired) electrons. The molecule has 1 N–H and O–H groups in total. The van der Waals surface area contributed by atoms with Crippen LogP contribution in [0.15, 0.2) is 102 Å². The minimum absolute atomic E-state index is 0.00865. The smallest absolute Gasteiger partial charge is 0.264 e. The molecule has 1 saturated carbocycles. The van der Waals surface area contributed by atoms with Crippen LogP contribution in [0.3, 0.4) is 0 Å². The van der Waals surface area contributed by atoms with E-state index >= 15 is 0 Å². The van der Waals surface area contributed by atoms with Crippen LogP contribution in [0.4, 0.5) is 5.69 Å². The molecule has 0 heterocycles. The molecule has 7 nitrogen and oxygen atoms in total. The highest BCUT2D eigenvalue weighted by Crippen LogP contribution is 2.29. The van der Waals surface area contributed by atoms with Crippen LogP contribution < -0.4 is 9.62 Å². The third-order valence-corrected chi connectivity index (χ3v) is 11.8. The van der Waals surface area contributed by atoms with Gasteiger partial charge in [0.05, 0.1) is 20.6 Å². The summed E-state index contributed by atoms with van der Waals surface area (Å²) in [5.41, 5.74) is 3.83. The molecule has 0 saturated heterocycles. The zero-order valence-electron chi connectivity index (χ0n) is 28.8. The molecule has 10 heteroatoms. The molecule has 0 bridgehead atoms. The van der Waals surface area contributed by atoms with E-state index in [1.54, 1.807) is 54.6 Å². The fourth-order valence-corrected chi connectivity index (χ4v) is 8.06. The van der Waals surface area contributed by atoms with Crippen molar-refractivity contribution in [3.63, 3.8) is 0 Å². The summed E-state index contributed by atoms with van der Waals surface area (Å²) < 4.78 is 29.9. The van der Waals surface area contributed by atoms with Gasteiger partial charge in [0.2, 0.25) is 11.8 Å². The second-order valence-corrected chi connectivity index (χ2v) is 16.1. The molecule has 1 fully saturated rings. The molecule has 0 unspecified atom stereocenters. The Balaban J connectivity index is 1.58. The van der Waals surface area contributed by atoms with Crippen LogP contribution in [-0.4, -0.2) is 43.8 Å². The number of nitrogens with zero attached hydrogens (tertiary/aromatic N) is 2. The first-order chi connectivity index (χ1) is 23.9. The maximum atomic E-state index is 14.8. The van der Waals surface area contributed by atoms with E-state index in [2.05, 4.69) is 19.2 Å². The second kappa shape index (κ2) is 16.9. The lowest BCUT2D eigenvalue weighted by molar-refractivity contribution is -0.140. The molecule has 264 valence electrons. The summed E-state index contributed by atoms with van der Waals surface area (Å²) >= 11 is 12.7. The van der Waals surface area contributed by atoms with Crippen molar-refractivity contribution in [3.8, 4) is 0 Å². The number of halogens is 2. The van der Waals surface area contributed by atoms with E-state index in [-0.39, 0.29) is 35.7 Å². The lowest BCUT2D eigenvalue weighted by Crippen LogP contribution is -2.55. The van der Waals surface area contributed by atoms with Gasteiger partial charge < -0.3 is 10.2 Å². The van der Waals surface area contributed by atoms with Crippen molar-refractivity contribution in [1.29, 1.82) is 0 Å². The molecular formula is C40H45Cl2N3O4S. The van der Waals surface area contributed by atoms with Crippen LogP contribution >= 0.6 is 23.2 Å². The van der Waals surface area contributed by atoms with E-state index in [0.29, 0.717) is 21.3 Å². The molecular weight excluding hydrogens is 689 g/mol. The molecule has 0 spiro atoms. The third kappa shape index (κ3) is 9.47. The molecule has 1 aliphatic carbocycles. The first-order valence-corrected chi connectivity index (χ1v) is 19.4. The minimum Gasteiger partial charge on any atom is -0.352 e. The Morgan fingerprint density at radius 3 is 2.10 bits per heavy atom. The van der Waals surface area contributed by atoms with Crippen LogP contribution in [-0.2, 0) is 32.6 Å². The summed E-state index contributed by atoms with van der Waals surface area (Å²) in [6, 6.07) is 27.5. The quantitative estimate of drug-likeness (QED) is 0.149. The van der Waals surface area contributed by atoms with Gasteiger partial charge in [0, 0.05) is 19.0 Å². The third-order valence-electron chi connectivity index (χ3n) is 9.30. The summed E-state index contributed by atoms with van der Waals surface area (Å²) in [6.07, 6.45) is 5.17. The molecule has 2 amide bonds. The molecule has 4 aromatic rings. The Kier molecular flexibility index (Phi) is 12.6. The van der Waals surface area contributed by atoms with E-state index in [1.165, 1.54) is 4.90 Å². The fraction of sp³-hybridized carbons (Fsp3) is 0.350. The number of benzene rings is 4. The van der Waals surface area contributed by atoms with Gasteiger partial charge in [0.25, 0.3) is 10.0 Å². The Labute approximate surface area is 306 Å². The average molecular weight is 735 g/mol. The van der Waals surface area contributed by atoms with Gasteiger partial charge in [0.1, 0.15) is 12.6 Å². The molecule has 50 heavy (non-hydrogen) atoms. The lowest BCUT2D eigenvalue weighted by atomic mass is 9.94. The normalized spacial score (nSPS) is 14.3. The van der Waals surface area contributed by atoms with Gasteiger partial charge in [-0.15, -0.1) is 0 Å². The molecule has 1 aliphatic rings. The van der Waals surface area contributed by atoms with E-state index < -0.39 is 28.5 Å². The summed E-state index contributed by atoms with van der Waals surface area (Å²) in [5.74, 6) is -0.571. The first-order valence-electron chi connectivity index (χ1n) is 17.2. The highest BCUT2D eigenvalue weighted by atomic mass is 35.5. The average Bonchev–Trinajstić information content (AvgIpc) is 3.11. The van der Waals surface area contributed by atoms with E-state index in [1.807, 2.05) is 49.4 Å². The summed E-state index contributed by atoms with van der Waals surface area (Å²) in [5, 5.41) is 3.91. The largest absolute Gasteiger partial charge is 0.352 e. The first kappa shape index (κ1) is 37.4. The van der Waals surface area contributed by atoms with E-state index in [4.69, 9.17) is 23.2 Å². The van der Waals surface area contributed by atoms with Gasteiger partial charge in [-0.3, -0.25) is 13.9 Å². The van der Waals surface area contributed by atoms with E-state index in [0.717, 1.165) is 53.1 Å². The number of amides is 2. The van der Waals surface area contributed by atoms with Crippen molar-refractivity contribution >= 4 is 50.7 Å². The zero-order valence-corrected chi connectivity index (χ0v) is 31.1. The highest BCUT2D eigenvalue weighted by molar-refractivity contribution is 7.92. The van der Waals surface area contributed by atoms with Crippen molar-refractivity contribution in [2.75, 3.05) is 10.8 Å². The maximum Gasteiger partial charge on any atom is 0.264 e. The number of hydrogen-bond donors (Lipinski definition) is 1. The van der Waals surface area contributed by atoms with Gasteiger partial charge in [-0.25, -0.2) is 8.42 Å². The number of hydrogen-bond acceptors (Lipinski definition) is 4. The maximum absolute atomic E-state index is 14.8. The van der Waals surface area contributed by atoms with Crippen molar-refractivity contribution in [2.24, 2.45) is 0 Å². The predicted octanol–water partition coefficient (Wildman–Crippen LogP) is 8.71. The monoisotopic (exact) mass is 733 g/mol. The van der Waals surface area contributed by atoms with Crippen molar-refractivity contribution in [3.05, 3.63) is 129 Å². The van der Waals surface area contributed by atoms with Crippen LogP contribution in [0.1, 0.15) is 74.1 Å². The number of rotatable bonds is 13. The summed E-state index contributed by atoms with van der Waals surface area (Å²) in [4.78, 5) is 30.7. The van der Waals surface area contributed by atoms with Gasteiger partial charge in [0.15, 0.2) is 0 Å². The molecule has 4 aromatic carbocycles. The van der Waals surface area contributed by atoms with Crippen molar-refractivity contribution < 1.29 is 18.0 Å². The Morgan fingerprint density at radius 1 is 0.820 bits per heavy atom. The van der Waals surface area contributed by atoms with Crippen LogP contribution in [0, 0.1) is 6.92 Å². The van der Waals surface area contributed by atoms with E-state index in [9.17, 15) is 18.0 Å². The zero-order chi connectivity index (χ0) is 35.8. The number of anilines is 1. The van der Waals surface area contributed by atoms with Crippen molar-refractivity contribution in [2.45, 2.75) is 88.7 Å². The highest BCUT2D eigenvalue weighted by Gasteiger charge is 2.35.